The molecule has 0 spiro atoms. The summed E-state index contributed by atoms with van der Waals surface area (Å²) in [6.07, 6.45) is 1.98. The molecular formula is C29H30N4O2S. The molecule has 2 N–H and O–H groups in total. The van der Waals surface area contributed by atoms with Crippen molar-refractivity contribution in [2.75, 3.05) is 0 Å². The molecule has 1 aliphatic carbocycles. The number of hydrogen-bond donors (Lipinski definition) is 2. The lowest BCUT2D eigenvalue weighted by Gasteiger charge is -2.38. The average Bonchev–Trinajstić information content (AvgIpc) is 3.47. The number of sulfone groups is 1. The van der Waals surface area contributed by atoms with Crippen molar-refractivity contribution in [3.8, 4) is 11.4 Å². The SMILES string of the molecule is CCC(C)(C)c1nc2ccc(S(=O)(=O)c3ccc4nc(-c5ccc6c(c5)CC6(C)C)[nH]c4c3)cc2[nH]1. The number of aromatic nitrogens is 4. The van der Waals surface area contributed by atoms with Crippen molar-refractivity contribution in [2.45, 2.75) is 68.1 Å². The molecule has 6 nitrogen and oxygen atoms in total. The number of hydrogen-bond acceptors (Lipinski definition) is 4. The first-order valence-electron chi connectivity index (χ1n) is 12.4. The minimum absolute atomic E-state index is 0.114. The number of rotatable bonds is 5. The number of H-pyrrole nitrogens is 2. The Labute approximate surface area is 211 Å². The molecule has 184 valence electrons. The normalized spacial score (nSPS) is 15.2. The number of nitrogens with zero attached hydrogens (tertiary/aromatic N) is 2. The molecule has 0 saturated carbocycles. The summed E-state index contributed by atoms with van der Waals surface area (Å²) in [6, 6.07) is 16.6. The van der Waals surface area contributed by atoms with Crippen LogP contribution in [0.2, 0.25) is 0 Å². The lowest BCUT2D eigenvalue weighted by molar-refractivity contribution is 0.455. The minimum Gasteiger partial charge on any atom is -0.341 e. The van der Waals surface area contributed by atoms with E-state index < -0.39 is 9.84 Å². The third-order valence-corrected chi connectivity index (χ3v) is 9.54. The van der Waals surface area contributed by atoms with Crippen molar-refractivity contribution >= 4 is 31.9 Å². The molecule has 0 unspecified atom stereocenters. The molecule has 3 aromatic carbocycles. The molecule has 0 radical (unpaired) electrons. The van der Waals surface area contributed by atoms with E-state index in [1.165, 1.54) is 11.1 Å². The highest BCUT2D eigenvalue weighted by Crippen LogP contribution is 2.42. The fourth-order valence-corrected chi connectivity index (χ4v) is 6.40. The number of nitrogens with one attached hydrogen (secondary N) is 2. The summed E-state index contributed by atoms with van der Waals surface area (Å²) in [5, 5.41) is 0. The van der Waals surface area contributed by atoms with E-state index in [0.717, 1.165) is 46.6 Å². The molecule has 2 aromatic heterocycles. The van der Waals surface area contributed by atoms with E-state index in [0.29, 0.717) is 5.52 Å². The second-order valence-corrected chi connectivity index (χ2v) is 13.2. The van der Waals surface area contributed by atoms with Crippen molar-refractivity contribution in [1.82, 2.24) is 19.9 Å². The third kappa shape index (κ3) is 3.48. The van der Waals surface area contributed by atoms with Gasteiger partial charge >= 0.3 is 0 Å². The maximum atomic E-state index is 13.5. The van der Waals surface area contributed by atoms with Gasteiger partial charge in [-0.25, -0.2) is 18.4 Å². The van der Waals surface area contributed by atoms with Crippen LogP contribution in [0.15, 0.2) is 64.4 Å². The summed E-state index contributed by atoms with van der Waals surface area (Å²) in [4.78, 5) is 16.5. The smallest absolute Gasteiger partial charge is 0.206 e. The standard InChI is InChI=1S/C29H30N4O2S/c1-6-28(2,3)27-32-23-12-9-20(15-25(23)33-27)36(34,35)19-8-11-22-24(14-19)31-26(30-22)17-7-10-21-18(13-17)16-29(21,4)5/h7-15H,6,16H2,1-5H3,(H,30,31)(H,32,33). The topological polar surface area (TPSA) is 91.5 Å². The number of imidazole rings is 2. The van der Waals surface area contributed by atoms with Crippen LogP contribution in [0.4, 0.5) is 0 Å². The largest absolute Gasteiger partial charge is 0.341 e. The molecule has 0 aliphatic heterocycles. The van der Waals surface area contributed by atoms with Crippen LogP contribution in [0, 0.1) is 0 Å². The molecule has 0 atom stereocenters. The van der Waals surface area contributed by atoms with Crippen LogP contribution in [0.5, 0.6) is 0 Å². The summed E-state index contributed by atoms with van der Waals surface area (Å²) in [5.41, 5.74) is 6.79. The fraction of sp³-hybridized carbons (Fsp3) is 0.310. The van der Waals surface area contributed by atoms with Crippen molar-refractivity contribution in [3.05, 3.63) is 71.5 Å². The van der Waals surface area contributed by atoms with Gasteiger partial charge in [0.2, 0.25) is 9.84 Å². The first kappa shape index (κ1) is 23.0. The summed E-state index contributed by atoms with van der Waals surface area (Å²) in [5.74, 6) is 1.61. The number of aromatic amines is 2. The molecule has 0 saturated heterocycles. The van der Waals surface area contributed by atoms with Gasteiger partial charge in [0.25, 0.3) is 0 Å². The average molecular weight is 499 g/mol. The van der Waals surface area contributed by atoms with Crippen molar-refractivity contribution in [2.24, 2.45) is 0 Å². The molecule has 0 amide bonds. The number of fused-ring (bicyclic) bond motifs is 3. The first-order chi connectivity index (χ1) is 17.0. The zero-order chi connectivity index (χ0) is 25.5. The molecule has 5 aromatic rings. The van der Waals surface area contributed by atoms with E-state index in [4.69, 9.17) is 4.98 Å². The van der Waals surface area contributed by atoms with Crippen LogP contribution in [-0.2, 0) is 27.1 Å². The predicted molar refractivity (Wildman–Crippen MR) is 143 cm³/mol. The van der Waals surface area contributed by atoms with Gasteiger partial charge in [-0.3, -0.25) is 0 Å². The van der Waals surface area contributed by atoms with Crippen molar-refractivity contribution in [1.29, 1.82) is 0 Å². The summed E-state index contributed by atoms with van der Waals surface area (Å²) < 4.78 is 27.1. The zero-order valence-corrected chi connectivity index (χ0v) is 22.0. The van der Waals surface area contributed by atoms with Crippen LogP contribution in [-0.4, -0.2) is 28.4 Å². The van der Waals surface area contributed by atoms with Crippen LogP contribution in [0.25, 0.3) is 33.5 Å². The van der Waals surface area contributed by atoms with E-state index in [-0.39, 0.29) is 20.6 Å². The van der Waals surface area contributed by atoms with Crippen molar-refractivity contribution in [3.63, 3.8) is 0 Å². The van der Waals surface area contributed by atoms with Gasteiger partial charge in [0.1, 0.15) is 11.6 Å². The molecule has 1 aliphatic rings. The monoisotopic (exact) mass is 498 g/mol. The minimum atomic E-state index is -3.72. The highest BCUT2D eigenvalue weighted by Gasteiger charge is 2.33. The Balaban J connectivity index is 1.36. The Kier molecular flexibility index (Phi) is 4.80. The van der Waals surface area contributed by atoms with Gasteiger partial charge in [0, 0.05) is 11.0 Å². The Morgan fingerprint density at radius 2 is 1.53 bits per heavy atom. The maximum Gasteiger partial charge on any atom is 0.206 e. The van der Waals surface area contributed by atoms with Gasteiger partial charge in [-0.05, 0) is 71.8 Å². The van der Waals surface area contributed by atoms with Gasteiger partial charge in [-0.15, -0.1) is 0 Å². The van der Waals surface area contributed by atoms with Crippen LogP contribution in [0.1, 0.15) is 58.0 Å². The molecule has 36 heavy (non-hydrogen) atoms. The van der Waals surface area contributed by atoms with E-state index in [1.807, 2.05) is 0 Å². The van der Waals surface area contributed by atoms with E-state index >= 15 is 0 Å². The molecule has 0 bridgehead atoms. The molecular weight excluding hydrogens is 468 g/mol. The van der Waals surface area contributed by atoms with Gasteiger partial charge in [-0.2, -0.15) is 0 Å². The van der Waals surface area contributed by atoms with Crippen LogP contribution < -0.4 is 0 Å². The van der Waals surface area contributed by atoms with Crippen LogP contribution >= 0.6 is 0 Å². The lowest BCUT2D eigenvalue weighted by atomic mass is 9.66. The second kappa shape index (κ2) is 7.53. The Morgan fingerprint density at radius 3 is 2.14 bits per heavy atom. The maximum absolute atomic E-state index is 13.5. The van der Waals surface area contributed by atoms with Gasteiger partial charge < -0.3 is 9.97 Å². The number of benzene rings is 3. The van der Waals surface area contributed by atoms with E-state index in [9.17, 15) is 8.42 Å². The second-order valence-electron chi connectivity index (χ2n) is 11.2. The zero-order valence-electron chi connectivity index (χ0n) is 21.2. The predicted octanol–water partition coefficient (Wildman–Crippen LogP) is 6.46. The Bertz CT molecular complexity index is 1770. The highest BCUT2D eigenvalue weighted by molar-refractivity contribution is 7.91. The summed E-state index contributed by atoms with van der Waals surface area (Å²) in [6.45, 7) is 10.9. The quantitative estimate of drug-likeness (QED) is 0.291. The van der Waals surface area contributed by atoms with Gasteiger partial charge in [0.05, 0.1) is 31.9 Å². The van der Waals surface area contributed by atoms with Crippen LogP contribution in [0.3, 0.4) is 0 Å². The molecule has 7 heteroatoms. The van der Waals surface area contributed by atoms with Gasteiger partial charge in [0.15, 0.2) is 0 Å². The Morgan fingerprint density at radius 1 is 0.889 bits per heavy atom. The van der Waals surface area contributed by atoms with Crippen molar-refractivity contribution < 1.29 is 8.42 Å². The fourth-order valence-electron chi connectivity index (χ4n) is 5.08. The molecule has 6 rings (SSSR count). The van der Waals surface area contributed by atoms with E-state index in [1.54, 1.807) is 36.4 Å². The highest BCUT2D eigenvalue weighted by atomic mass is 32.2. The van der Waals surface area contributed by atoms with Gasteiger partial charge in [-0.1, -0.05) is 46.8 Å². The van der Waals surface area contributed by atoms with E-state index in [2.05, 4.69) is 67.8 Å². The third-order valence-electron chi connectivity index (χ3n) is 7.79. The first-order valence-corrected chi connectivity index (χ1v) is 13.9. The molecule has 0 fully saturated rings. The lowest BCUT2D eigenvalue weighted by Crippen LogP contribution is -2.32. The summed E-state index contributed by atoms with van der Waals surface area (Å²) in [7, 11) is -3.72. The Hall–Kier alpha value is -3.45. The molecule has 2 heterocycles. The summed E-state index contributed by atoms with van der Waals surface area (Å²) >= 11 is 0.